The van der Waals surface area contributed by atoms with Gasteiger partial charge in [-0.3, -0.25) is 4.90 Å². The molecule has 0 saturated heterocycles. The number of likely N-dealkylation sites (N-methyl/N-ethyl adjacent to an activating group) is 1. The van der Waals surface area contributed by atoms with E-state index in [-0.39, 0.29) is 0 Å². The summed E-state index contributed by atoms with van der Waals surface area (Å²) in [6.45, 7) is 1.32. The highest BCUT2D eigenvalue weighted by Gasteiger charge is 2.14. The zero-order valence-corrected chi connectivity index (χ0v) is 12.6. The van der Waals surface area contributed by atoms with Crippen LogP contribution in [0, 0.1) is 11.3 Å². The van der Waals surface area contributed by atoms with Gasteiger partial charge in [-0.2, -0.15) is 5.26 Å². The number of aliphatic hydroxyl groups is 1. The second kappa shape index (κ2) is 6.18. The lowest BCUT2D eigenvalue weighted by atomic mass is 10.2. The summed E-state index contributed by atoms with van der Waals surface area (Å²) in [5, 5.41) is 21.5. The van der Waals surface area contributed by atoms with Crippen molar-refractivity contribution in [3.63, 3.8) is 0 Å². The third-order valence-electron chi connectivity index (χ3n) is 3.94. The van der Waals surface area contributed by atoms with E-state index in [1.165, 1.54) is 10.8 Å². The van der Waals surface area contributed by atoms with Crippen LogP contribution in [0.15, 0.2) is 48.5 Å². The van der Waals surface area contributed by atoms with Gasteiger partial charge in [-0.1, -0.05) is 36.4 Å². The van der Waals surface area contributed by atoms with Gasteiger partial charge in [-0.25, -0.2) is 0 Å². The van der Waals surface area contributed by atoms with Crippen LogP contribution < -0.4 is 0 Å². The molecule has 1 aromatic heterocycles. The first kappa shape index (κ1) is 14.6. The minimum absolute atomic E-state index is 0.324. The summed E-state index contributed by atoms with van der Waals surface area (Å²) >= 11 is 0. The fourth-order valence-corrected chi connectivity index (χ4v) is 3.01. The maximum atomic E-state index is 10.4. The second-order valence-electron chi connectivity index (χ2n) is 5.65. The normalized spacial score (nSPS) is 12.8. The molecule has 0 saturated carbocycles. The fourth-order valence-electron chi connectivity index (χ4n) is 3.01. The SMILES string of the molecule is CN(CC#N)CC(O)Cn1c2ccccc2c2ccccc21. The molecule has 0 fully saturated rings. The molecule has 112 valence electrons. The van der Waals surface area contributed by atoms with Crippen LogP contribution in [0.5, 0.6) is 0 Å². The number of nitrogens with zero attached hydrogens (tertiary/aromatic N) is 3. The lowest BCUT2D eigenvalue weighted by Gasteiger charge is -2.19. The van der Waals surface area contributed by atoms with Gasteiger partial charge >= 0.3 is 0 Å². The summed E-state index contributed by atoms with van der Waals surface area (Å²) in [5.41, 5.74) is 2.26. The van der Waals surface area contributed by atoms with Gasteiger partial charge < -0.3 is 9.67 Å². The standard InChI is InChI=1S/C18H19N3O/c1-20(11-10-19)12-14(22)13-21-17-8-4-2-6-15(17)16-7-3-5-9-18(16)21/h2-9,14,22H,11-13H2,1H3. The van der Waals surface area contributed by atoms with Gasteiger partial charge in [0.15, 0.2) is 0 Å². The van der Waals surface area contributed by atoms with Crippen molar-refractivity contribution >= 4 is 21.8 Å². The number of nitriles is 1. The zero-order valence-electron chi connectivity index (χ0n) is 12.6. The van der Waals surface area contributed by atoms with E-state index in [1.54, 1.807) is 0 Å². The highest BCUT2D eigenvalue weighted by molar-refractivity contribution is 6.07. The highest BCUT2D eigenvalue weighted by Crippen LogP contribution is 2.28. The third kappa shape index (κ3) is 2.69. The summed E-state index contributed by atoms with van der Waals surface area (Å²) in [5.74, 6) is 0. The molecule has 1 heterocycles. The predicted octanol–water partition coefficient (Wildman–Crippen LogP) is 2.61. The van der Waals surface area contributed by atoms with Crippen molar-refractivity contribution in [2.24, 2.45) is 0 Å². The van der Waals surface area contributed by atoms with Crippen LogP contribution in [0.2, 0.25) is 0 Å². The van der Waals surface area contributed by atoms with Crippen molar-refractivity contribution < 1.29 is 5.11 Å². The van der Waals surface area contributed by atoms with Crippen molar-refractivity contribution in [1.82, 2.24) is 9.47 Å². The molecule has 0 radical (unpaired) electrons. The first-order valence-electron chi connectivity index (χ1n) is 7.40. The Hall–Kier alpha value is -2.35. The average molecular weight is 293 g/mol. The van der Waals surface area contributed by atoms with E-state index in [0.717, 1.165) is 11.0 Å². The first-order chi connectivity index (χ1) is 10.7. The Morgan fingerprint density at radius 3 is 2.18 bits per heavy atom. The molecule has 22 heavy (non-hydrogen) atoms. The first-order valence-corrected chi connectivity index (χ1v) is 7.40. The van der Waals surface area contributed by atoms with Crippen molar-refractivity contribution in [2.45, 2.75) is 12.6 Å². The fraction of sp³-hybridized carbons (Fsp3) is 0.278. The highest BCUT2D eigenvalue weighted by atomic mass is 16.3. The van der Waals surface area contributed by atoms with Crippen molar-refractivity contribution in [2.75, 3.05) is 20.1 Å². The summed E-state index contributed by atoms with van der Waals surface area (Å²) in [6, 6.07) is 18.6. The Bertz CT molecular complexity index is 778. The lowest BCUT2D eigenvalue weighted by molar-refractivity contribution is 0.117. The summed E-state index contributed by atoms with van der Waals surface area (Å²) in [4.78, 5) is 1.83. The van der Waals surface area contributed by atoms with Gasteiger partial charge in [0.05, 0.1) is 25.3 Å². The van der Waals surface area contributed by atoms with E-state index in [4.69, 9.17) is 5.26 Å². The van der Waals surface area contributed by atoms with Gasteiger partial charge in [0.2, 0.25) is 0 Å². The van der Waals surface area contributed by atoms with E-state index in [1.807, 2.05) is 36.2 Å². The van der Waals surface area contributed by atoms with Gasteiger partial charge in [0.1, 0.15) is 0 Å². The lowest BCUT2D eigenvalue weighted by Crippen LogP contribution is -2.32. The number of para-hydroxylation sites is 2. The molecule has 0 amide bonds. The molecular formula is C18H19N3O. The molecule has 0 aliphatic carbocycles. The number of rotatable bonds is 5. The Balaban J connectivity index is 1.97. The van der Waals surface area contributed by atoms with Crippen LogP contribution in [-0.2, 0) is 6.54 Å². The largest absolute Gasteiger partial charge is 0.390 e. The van der Waals surface area contributed by atoms with Gasteiger partial charge in [-0.05, 0) is 19.2 Å². The van der Waals surface area contributed by atoms with Gasteiger partial charge in [-0.15, -0.1) is 0 Å². The van der Waals surface area contributed by atoms with E-state index < -0.39 is 6.10 Å². The quantitative estimate of drug-likeness (QED) is 0.736. The van der Waals surface area contributed by atoms with Gasteiger partial charge in [0.25, 0.3) is 0 Å². The zero-order chi connectivity index (χ0) is 15.5. The third-order valence-corrected chi connectivity index (χ3v) is 3.94. The van der Waals surface area contributed by atoms with Crippen LogP contribution >= 0.6 is 0 Å². The van der Waals surface area contributed by atoms with Crippen LogP contribution in [-0.4, -0.2) is 40.8 Å². The molecule has 0 aliphatic rings. The molecular weight excluding hydrogens is 274 g/mol. The summed E-state index contributed by atoms with van der Waals surface area (Å²) in [6.07, 6.45) is -0.516. The minimum atomic E-state index is -0.516. The molecule has 0 aliphatic heterocycles. The molecule has 4 heteroatoms. The monoisotopic (exact) mass is 293 g/mol. The number of aliphatic hydroxyl groups excluding tert-OH is 1. The molecule has 3 rings (SSSR count). The Labute approximate surface area is 129 Å². The van der Waals surface area contributed by atoms with Crippen LogP contribution in [0.1, 0.15) is 0 Å². The van der Waals surface area contributed by atoms with Crippen LogP contribution in [0.4, 0.5) is 0 Å². The number of fused-ring (bicyclic) bond motifs is 3. The topological polar surface area (TPSA) is 52.2 Å². The van der Waals surface area contributed by atoms with Crippen LogP contribution in [0.25, 0.3) is 21.8 Å². The minimum Gasteiger partial charge on any atom is -0.390 e. The number of hydrogen-bond donors (Lipinski definition) is 1. The Kier molecular flexibility index (Phi) is 4.10. The van der Waals surface area contributed by atoms with Crippen LogP contribution in [0.3, 0.4) is 0 Å². The average Bonchev–Trinajstić information content (AvgIpc) is 2.82. The number of hydrogen-bond acceptors (Lipinski definition) is 3. The van der Waals surface area contributed by atoms with Crippen molar-refractivity contribution in [3.05, 3.63) is 48.5 Å². The molecule has 0 spiro atoms. The smallest absolute Gasteiger partial charge is 0.0864 e. The van der Waals surface area contributed by atoms with E-state index in [2.05, 4.69) is 34.9 Å². The number of aromatic nitrogens is 1. The second-order valence-corrected chi connectivity index (χ2v) is 5.65. The summed E-state index contributed by atoms with van der Waals surface area (Å²) < 4.78 is 2.16. The van der Waals surface area contributed by atoms with E-state index in [0.29, 0.717) is 19.6 Å². The Morgan fingerprint density at radius 1 is 1.09 bits per heavy atom. The van der Waals surface area contributed by atoms with Crippen molar-refractivity contribution in [1.29, 1.82) is 5.26 Å². The molecule has 3 aromatic rings. The van der Waals surface area contributed by atoms with Gasteiger partial charge in [0, 0.05) is 28.4 Å². The maximum absolute atomic E-state index is 10.4. The molecule has 2 aromatic carbocycles. The molecule has 1 unspecified atom stereocenters. The van der Waals surface area contributed by atoms with E-state index in [9.17, 15) is 5.11 Å². The maximum Gasteiger partial charge on any atom is 0.0864 e. The predicted molar refractivity (Wildman–Crippen MR) is 88.6 cm³/mol. The Morgan fingerprint density at radius 2 is 1.64 bits per heavy atom. The van der Waals surface area contributed by atoms with Crippen molar-refractivity contribution in [3.8, 4) is 6.07 Å². The molecule has 1 atom stereocenters. The summed E-state index contributed by atoms with van der Waals surface area (Å²) in [7, 11) is 1.85. The molecule has 4 nitrogen and oxygen atoms in total. The molecule has 0 bridgehead atoms. The van der Waals surface area contributed by atoms with E-state index >= 15 is 0 Å². The molecule has 1 N–H and O–H groups in total. The number of benzene rings is 2.